The number of likely N-dealkylation sites (tertiary alicyclic amines) is 1. The molecule has 0 amide bonds. The molecule has 1 saturated carbocycles. The van der Waals surface area contributed by atoms with E-state index >= 15 is 0 Å². The van der Waals surface area contributed by atoms with Crippen molar-refractivity contribution in [2.45, 2.75) is 52.9 Å². The van der Waals surface area contributed by atoms with Crippen LogP contribution in [0.4, 0.5) is 0 Å². The van der Waals surface area contributed by atoms with E-state index in [1.54, 1.807) is 0 Å². The van der Waals surface area contributed by atoms with Crippen molar-refractivity contribution in [1.82, 2.24) is 4.90 Å². The Hall–Kier alpha value is -0.0800. The maximum atomic E-state index is 5.44. The highest BCUT2D eigenvalue weighted by Crippen LogP contribution is 2.48. The third kappa shape index (κ3) is 3.08. The van der Waals surface area contributed by atoms with Crippen LogP contribution in [0.2, 0.25) is 0 Å². The Kier molecular flexibility index (Phi) is 5.08. The van der Waals surface area contributed by atoms with Gasteiger partial charge < -0.3 is 9.64 Å². The van der Waals surface area contributed by atoms with Crippen LogP contribution in [0, 0.1) is 17.3 Å². The van der Waals surface area contributed by atoms with Crippen molar-refractivity contribution in [2.24, 2.45) is 17.3 Å². The van der Waals surface area contributed by atoms with E-state index in [2.05, 4.69) is 11.8 Å². The number of rotatable bonds is 2. The van der Waals surface area contributed by atoms with Gasteiger partial charge in [-0.1, -0.05) is 27.2 Å². The Labute approximate surface area is 113 Å². The van der Waals surface area contributed by atoms with Crippen molar-refractivity contribution < 1.29 is 4.74 Å². The molecule has 0 spiro atoms. The first kappa shape index (κ1) is 14.3. The predicted molar refractivity (Wildman–Crippen MR) is 76.8 cm³/mol. The van der Waals surface area contributed by atoms with Crippen LogP contribution in [0.25, 0.3) is 0 Å². The van der Waals surface area contributed by atoms with E-state index in [9.17, 15) is 0 Å². The van der Waals surface area contributed by atoms with E-state index in [1.807, 2.05) is 13.8 Å². The van der Waals surface area contributed by atoms with Gasteiger partial charge in [0.25, 0.3) is 0 Å². The van der Waals surface area contributed by atoms with Crippen molar-refractivity contribution in [3.8, 4) is 0 Å². The minimum absolute atomic E-state index is 0.672. The van der Waals surface area contributed by atoms with Crippen LogP contribution in [0.15, 0.2) is 0 Å². The number of nitrogens with zero attached hydrogens (tertiary/aromatic N) is 1. The Morgan fingerprint density at radius 2 is 1.89 bits per heavy atom. The molecular weight excluding hydrogens is 222 g/mol. The van der Waals surface area contributed by atoms with Crippen LogP contribution < -0.4 is 0 Å². The summed E-state index contributed by atoms with van der Waals surface area (Å²) in [6, 6.07) is 0. The highest BCUT2D eigenvalue weighted by atomic mass is 16.5. The molecule has 2 nitrogen and oxygen atoms in total. The van der Waals surface area contributed by atoms with Gasteiger partial charge in [-0.25, -0.2) is 0 Å². The molecule has 2 aliphatic heterocycles. The van der Waals surface area contributed by atoms with Gasteiger partial charge in [0.2, 0.25) is 0 Å². The fraction of sp³-hybridized carbons (Fsp3) is 1.00. The van der Waals surface area contributed by atoms with Crippen molar-refractivity contribution in [2.75, 3.05) is 32.8 Å². The smallest absolute Gasteiger partial charge is 0.0469 e. The van der Waals surface area contributed by atoms with Gasteiger partial charge in [0.15, 0.2) is 0 Å². The molecule has 0 N–H and O–H groups in total. The molecule has 0 unspecified atom stereocenters. The molecule has 3 fully saturated rings. The Morgan fingerprint density at radius 3 is 2.56 bits per heavy atom. The third-order valence-corrected chi connectivity index (χ3v) is 5.21. The zero-order valence-corrected chi connectivity index (χ0v) is 12.6. The molecule has 3 rings (SSSR count). The summed E-state index contributed by atoms with van der Waals surface area (Å²) in [5.41, 5.74) is 0.672. The highest BCUT2D eigenvalue weighted by Gasteiger charge is 2.45. The second-order valence-corrected chi connectivity index (χ2v) is 6.49. The van der Waals surface area contributed by atoms with E-state index < -0.39 is 0 Å². The van der Waals surface area contributed by atoms with Gasteiger partial charge in [-0.3, -0.25) is 0 Å². The van der Waals surface area contributed by atoms with Crippen LogP contribution in [0.5, 0.6) is 0 Å². The van der Waals surface area contributed by atoms with Crippen LogP contribution >= 0.6 is 0 Å². The monoisotopic (exact) mass is 253 g/mol. The zero-order chi connectivity index (χ0) is 13.0. The van der Waals surface area contributed by atoms with E-state index in [4.69, 9.17) is 4.74 Å². The van der Waals surface area contributed by atoms with Gasteiger partial charge in [-0.2, -0.15) is 0 Å². The SMILES string of the molecule is CC.C[C@@]12CCC[C@@H]1CN(CC1CCOCC1)C2. The minimum atomic E-state index is 0.672. The maximum Gasteiger partial charge on any atom is 0.0469 e. The lowest BCUT2D eigenvalue weighted by molar-refractivity contribution is 0.0539. The average molecular weight is 253 g/mol. The Balaban J connectivity index is 0.000000574. The normalized spacial score (nSPS) is 37.2. The van der Waals surface area contributed by atoms with Crippen molar-refractivity contribution in [1.29, 1.82) is 0 Å². The molecule has 2 heteroatoms. The van der Waals surface area contributed by atoms with Crippen molar-refractivity contribution >= 4 is 0 Å². The molecule has 2 saturated heterocycles. The summed E-state index contributed by atoms with van der Waals surface area (Å²) in [6.45, 7) is 12.6. The van der Waals surface area contributed by atoms with E-state index in [0.29, 0.717) is 5.41 Å². The zero-order valence-electron chi connectivity index (χ0n) is 12.6. The van der Waals surface area contributed by atoms with Gasteiger partial charge in [0, 0.05) is 32.8 Å². The Morgan fingerprint density at radius 1 is 1.17 bits per heavy atom. The third-order valence-electron chi connectivity index (χ3n) is 5.21. The fourth-order valence-corrected chi connectivity index (χ4v) is 4.14. The number of hydrogen-bond donors (Lipinski definition) is 0. The summed E-state index contributed by atoms with van der Waals surface area (Å²) < 4.78 is 5.44. The molecular formula is C16H31NO. The van der Waals surface area contributed by atoms with Gasteiger partial charge in [-0.15, -0.1) is 0 Å². The van der Waals surface area contributed by atoms with Crippen LogP contribution in [0.1, 0.15) is 52.9 Å². The van der Waals surface area contributed by atoms with Crippen LogP contribution in [-0.2, 0) is 4.74 Å². The van der Waals surface area contributed by atoms with Gasteiger partial charge in [-0.05, 0) is 42.9 Å². The molecule has 1 aliphatic carbocycles. The molecule has 0 aromatic rings. The lowest BCUT2D eigenvalue weighted by atomic mass is 9.83. The van der Waals surface area contributed by atoms with E-state index in [1.165, 1.54) is 51.7 Å². The molecule has 18 heavy (non-hydrogen) atoms. The summed E-state index contributed by atoms with van der Waals surface area (Å²) in [4.78, 5) is 2.75. The summed E-state index contributed by atoms with van der Waals surface area (Å²) in [5.74, 6) is 1.92. The highest BCUT2D eigenvalue weighted by molar-refractivity contribution is 4.98. The van der Waals surface area contributed by atoms with Crippen molar-refractivity contribution in [3.63, 3.8) is 0 Å². The number of ether oxygens (including phenoxy) is 1. The van der Waals surface area contributed by atoms with Crippen LogP contribution in [-0.4, -0.2) is 37.7 Å². The number of hydrogen-bond acceptors (Lipinski definition) is 2. The first-order valence-corrected chi connectivity index (χ1v) is 8.06. The van der Waals surface area contributed by atoms with Gasteiger partial charge >= 0.3 is 0 Å². The topological polar surface area (TPSA) is 12.5 Å². The molecule has 2 atom stereocenters. The van der Waals surface area contributed by atoms with Crippen LogP contribution in [0.3, 0.4) is 0 Å². The number of fused-ring (bicyclic) bond motifs is 1. The molecule has 0 radical (unpaired) electrons. The molecule has 0 bridgehead atoms. The molecule has 0 aromatic carbocycles. The maximum absolute atomic E-state index is 5.44. The van der Waals surface area contributed by atoms with Gasteiger partial charge in [0.05, 0.1) is 0 Å². The molecule has 3 aliphatic rings. The second kappa shape index (κ2) is 6.38. The van der Waals surface area contributed by atoms with Gasteiger partial charge in [0.1, 0.15) is 0 Å². The Bertz CT molecular complexity index is 249. The van der Waals surface area contributed by atoms with E-state index in [-0.39, 0.29) is 0 Å². The summed E-state index contributed by atoms with van der Waals surface area (Å²) in [5, 5.41) is 0. The standard InChI is InChI=1S/C14H25NO.C2H6/c1-14-6-2-3-13(14)10-15(11-14)9-12-4-7-16-8-5-12;1-2/h12-13H,2-11H2,1H3;1-2H3/t13-,14+;/m1./s1. The lowest BCUT2D eigenvalue weighted by Crippen LogP contribution is -2.32. The first-order valence-electron chi connectivity index (χ1n) is 8.06. The lowest BCUT2D eigenvalue weighted by Gasteiger charge is -2.28. The molecule has 106 valence electrons. The minimum Gasteiger partial charge on any atom is -0.381 e. The predicted octanol–water partition coefficient (Wildman–Crippen LogP) is 3.56. The summed E-state index contributed by atoms with van der Waals surface area (Å²) in [7, 11) is 0. The van der Waals surface area contributed by atoms with E-state index in [0.717, 1.165) is 25.0 Å². The summed E-state index contributed by atoms with van der Waals surface area (Å²) in [6.07, 6.45) is 7.02. The molecule has 2 heterocycles. The second-order valence-electron chi connectivity index (χ2n) is 6.49. The molecule has 0 aromatic heterocycles. The largest absolute Gasteiger partial charge is 0.381 e. The quantitative estimate of drug-likeness (QED) is 0.746. The fourth-order valence-electron chi connectivity index (χ4n) is 4.14. The first-order chi connectivity index (χ1) is 8.76. The van der Waals surface area contributed by atoms with Crippen molar-refractivity contribution in [3.05, 3.63) is 0 Å². The summed E-state index contributed by atoms with van der Waals surface area (Å²) >= 11 is 0. The average Bonchev–Trinajstić information content (AvgIpc) is 2.87.